The largest absolute Gasteiger partial charge is 0.480 e. The van der Waals surface area contributed by atoms with Gasteiger partial charge in [0.2, 0.25) is 0 Å². The number of aliphatic carboxylic acids is 1. The summed E-state index contributed by atoms with van der Waals surface area (Å²) < 4.78 is 15.2. The van der Waals surface area contributed by atoms with Gasteiger partial charge in [-0.3, -0.25) is 4.79 Å². The molecule has 0 unspecified atom stereocenters. The topological polar surface area (TPSA) is 140 Å². The summed E-state index contributed by atoms with van der Waals surface area (Å²) in [6.45, 7) is 12.3. The first kappa shape index (κ1) is 25.5. The lowest BCUT2D eigenvalue weighted by molar-refractivity contribution is -0.144. The molecular formula is C18H32N2O8. The Morgan fingerprint density at radius 3 is 1.75 bits per heavy atom. The second-order valence-electron chi connectivity index (χ2n) is 8.71. The monoisotopic (exact) mass is 404 g/mol. The van der Waals surface area contributed by atoms with Crippen LogP contribution in [0.5, 0.6) is 0 Å². The van der Waals surface area contributed by atoms with E-state index in [-0.39, 0.29) is 13.0 Å². The summed E-state index contributed by atoms with van der Waals surface area (Å²) in [6, 6.07) is -1.41. The van der Waals surface area contributed by atoms with E-state index in [1.54, 1.807) is 41.5 Å². The lowest BCUT2D eigenvalue weighted by atomic mass is 9.93. The van der Waals surface area contributed by atoms with E-state index in [0.29, 0.717) is 0 Å². The van der Waals surface area contributed by atoms with Crippen LogP contribution in [0, 0.1) is 0 Å². The zero-order valence-corrected chi connectivity index (χ0v) is 17.8. The fourth-order valence-electron chi connectivity index (χ4n) is 2.06. The van der Waals surface area contributed by atoms with Crippen LogP contribution in [0.15, 0.2) is 0 Å². The van der Waals surface area contributed by atoms with Crippen molar-refractivity contribution in [3.8, 4) is 0 Å². The number of carboxylic acid groups (broad SMARTS) is 1. The van der Waals surface area contributed by atoms with Crippen molar-refractivity contribution >= 4 is 24.1 Å². The molecule has 0 bridgehead atoms. The molecule has 2 atom stereocenters. The van der Waals surface area contributed by atoms with E-state index in [4.69, 9.17) is 14.2 Å². The average molecular weight is 404 g/mol. The first-order chi connectivity index (χ1) is 12.4. The van der Waals surface area contributed by atoms with Gasteiger partial charge in [-0.05, 0) is 48.5 Å². The molecule has 0 aromatic heterocycles. The van der Waals surface area contributed by atoms with E-state index in [0.717, 1.165) is 0 Å². The number of alkyl carbamates (subject to hydrolysis) is 2. The van der Waals surface area contributed by atoms with Crippen LogP contribution in [-0.4, -0.2) is 58.6 Å². The third-order valence-corrected chi connectivity index (χ3v) is 3.04. The summed E-state index contributed by atoms with van der Waals surface area (Å²) in [4.78, 5) is 46.9. The standard InChI is InChI=1S/C18H32N2O8/c1-11(21)26-10-18(8,20-15(25)28-17(5,6)7)9-12(13(22)23)19-14(24)27-16(2,3)4/h12H,9-10H2,1-8H3,(H,19,24)(H,20,25)(H,22,23)/t12-,18-/m0/s1. The smallest absolute Gasteiger partial charge is 0.408 e. The van der Waals surface area contributed by atoms with Crippen molar-refractivity contribution in [2.45, 2.75) is 84.6 Å². The van der Waals surface area contributed by atoms with Gasteiger partial charge in [-0.15, -0.1) is 0 Å². The second kappa shape index (κ2) is 9.61. The molecule has 0 heterocycles. The van der Waals surface area contributed by atoms with Crippen molar-refractivity contribution in [1.29, 1.82) is 0 Å². The number of nitrogens with one attached hydrogen (secondary N) is 2. The Hall–Kier alpha value is -2.52. The molecule has 28 heavy (non-hydrogen) atoms. The van der Waals surface area contributed by atoms with Gasteiger partial charge >= 0.3 is 24.1 Å². The van der Waals surface area contributed by atoms with E-state index < -0.39 is 46.9 Å². The zero-order valence-electron chi connectivity index (χ0n) is 17.8. The van der Waals surface area contributed by atoms with Crippen LogP contribution in [0.4, 0.5) is 9.59 Å². The van der Waals surface area contributed by atoms with Crippen molar-refractivity contribution < 1.29 is 38.5 Å². The van der Waals surface area contributed by atoms with Crippen LogP contribution < -0.4 is 10.6 Å². The van der Waals surface area contributed by atoms with E-state index in [2.05, 4.69) is 10.6 Å². The van der Waals surface area contributed by atoms with Gasteiger partial charge in [0.05, 0.1) is 5.54 Å². The van der Waals surface area contributed by atoms with Crippen molar-refractivity contribution in [3.05, 3.63) is 0 Å². The Morgan fingerprint density at radius 1 is 0.893 bits per heavy atom. The molecule has 0 spiro atoms. The molecule has 10 heteroatoms. The molecule has 0 aliphatic carbocycles. The average Bonchev–Trinajstić information content (AvgIpc) is 2.40. The van der Waals surface area contributed by atoms with Crippen molar-refractivity contribution in [3.63, 3.8) is 0 Å². The number of ether oxygens (including phenoxy) is 3. The molecule has 2 amide bonds. The highest BCUT2D eigenvalue weighted by molar-refractivity contribution is 5.80. The van der Waals surface area contributed by atoms with Crippen LogP contribution >= 0.6 is 0 Å². The van der Waals surface area contributed by atoms with Crippen molar-refractivity contribution in [2.75, 3.05) is 6.61 Å². The van der Waals surface area contributed by atoms with Crippen LogP contribution in [0.1, 0.15) is 61.8 Å². The van der Waals surface area contributed by atoms with E-state index in [1.807, 2.05) is 0 Å². The summed E-state index contributed by atoms with van der Waals surface area (Å²) in [5.74, 6) is -1.95. The molecule has 10 nitrogen and oxygen atoms in total. The molecule has 0 aliphatic rings. The minimum Gasteiger partial charge on any atom is -0.480 e. The van der Waals surface area contributed by atoms with Crippen molar-refractivity contribution in [1.82, 2.24) is 10.6 Å². The lowest BCUT2D eigenvalue weighted by Gasteiger charge is -2.33. The Kier molecular flexibility index (Phi) is 8.74. The third-order valence-electron chi connectivity index (χ3n) is 3.04. The van der Waals surface area contributed by atoms with E-state index >= 15 is 0 Å². The predicted molar refractivity (Wildman–Crippen MR) is 99.8 cm³/mol. The van der Waals surface area contributed by atoms with Crippen LogP contribution in [0.2, 0.25) is 0 Å². The van der Waals surface area contributed by atoms with Gasteiger partial charge in [-0.2, -0.15) is 0 Å². The molecule has 0 saturated carbocycles. The normalized spacial score (nSPS) is 14.9. The summed E-state index contributed by atoms with van der Waals surface area (Å²) in [7, 11) is 0. The van der Waals surface area contributed by atoms with Crippen molar-refractivity contribution in [2.24, 2.45) is 0 Å². The number of rotatable bonds is 7. The molecule has 0 rings (SSSR count). The van der Waals surface area contributed by atoms with Gasteiger partial charge in [0.25, 0.3) is 0 Å². The Morgan fingerprint density at radius 2 is 1.36 bits per heavy atom. The maximum absolute atomic E-state index is 12.1. The fraction of sp³-hybridized carbons (Fsp3) is 0.778. The zero-order chi connectivity index (χ0) is 22.3. The van der Waals surface area contributed by atoms with Gasteiger partial charge in [-0.1, -0.05) is 0 Å². The van der Waals surface area contributed by atoms with Gasteiger partial charge in [0.1, 0.15) is 23.9 Å². The SMILES string of the molecule is CC(=O)OC[C@](C)(C[C@H](NC(=O)OC(C)(C)C)C(=O)O)NC(=O)OC(C)(C)C. The molecule has 0 saturated heterocycles. The van der Waals surface area contributed by atoms with Crippen LogP contribution in [-0.2, 0) is 23.8 Å². The van der Waals surface area contributed by atoms with Gasteiger partial charge in [0.15, 0.2) is 0 Å². The molecule has 0 radical (unpaired) electrons. The molecule has 0 aromatic carbocycles. The maximum atomic E-state index is 12.1. The molecule has 0 fully saturated rings. The second-order valence-corrected chi connectivity index (χ2v) is 8.71. The number of carbonyl (C=O) groups is 4. The third kappa shape index (κ3) is 12.0. The van der Waals surface area contributed by atoms with E-state index in [1.165, 1.54) is 13.8 Å². The number of esters is 1. The van der Waals surface area contributed by atoms with Gasteiger partial charge in [-0.25, -0.2) is 14.4 Å². The summed E-state index contributed by atoms with van der Waals surface area (Å²) in [5, 5.41) is 14.2. The Balaban J connectivity index is 5.37. The Bertz CT molecular complexity index is 591. The van der Waals surface area contributed by atoms with Gasteiger partial charge in [0, 0.05) is 13.3 Å². The molecule has 3 N–H and O–H groups in total. The molecule has 0 aliphatic heterocycles. The fourth-order valence-corrected chi connectivity index (χ4v) is 2.06. The summed E-state index contributed by atoms with van der Waals surface area (Å²) in [6.07, 6.45) is -2.02. The molecular weight excluding hydrogens is 372 g/mol. The Labute approximate surface area is 165 Å². The lowest BCUT2D eigenvalue weighted by Crippen LogP contribution is -2.56. The quantitative estimate of drug-likeness (QED) is 0.433. The number of carbonyl (C=O) groups excluding carboxylic acids is 3. The van der Waals surface area contributed by atoms with Crippen LogP contribution in [0.3, 0.4) is 0 Å². The van der Waals surface area contributed by atoms with Crippen LogP contribution in [0.25, 0.3) is 0 Å². The minimum atomic E-state index is -1.41. The number of hydrogen-bond acceptors (Lipinski definition) is 7. The predicted octanol–water partition coefficient (Wildman–Crippen LogP) is 2.20. The maximum Gasteiger partial charge on any atom is 0.408 e. The first-order valence-corrected chi connectivity index (χ1v) is 8.79. The van der Waals surface area contributed by atoms with Gasteiger partial charge < -0.3 is 30.0 Å². The highest BCUT2D eigenvalue weighted by Crippen LogP contribution is 2.17. The summed E-state index contributed by atoms with van der Waals surface area (Å²) >= 11 is 0. The minimum absolute atomic E-state index is 0.284. The van der Waals surface area contributed by atoms with E-state index in [9.17, 15) is 24.3 Å². The summed E-state index contributed by atoms with van der Waals surface area (Å²) in [5.41, 5.74) is -2.93. The highest BCUT2D eigenvalue weighted by atomic mass is 16.6. The number of amides is 2. The highest BCUT2D eigenvalue weighted by Gasteiger charge is 2.37. The molecule has 0 aromatic rings. The number of hydrogen-bond donors (Lipinski definition) is 3. The number of carboxylic acids is 1. The first-order valence-electron chi connectivity index (χ1n) is 8.79. The molecule has 162 valence electrons.